The Hall–Kier alpha value is -1.06. The second-order valence-electron chi connectivity index (χ2n) is 4.88. The molecule has 1 aliphatic rings. The van der Waals surface area contributed by atoms with Crippen LogP contribution in [0.4, 0.5) is 0 Å². The van der Waals surface area contributed by atoms with Gasteiger partial charge in [0.25, 0.3) is 0 Å². The summed E-state index contributed by atoms with van der Waals surface area (Å²) in [7, 11) is 2.22. The lowest BCUT2D eigenvalue weighted by Crippen LogP contribution is -2.41. The molecule has 0 spiro atoms. The van der Waals surface area contributed by atoms with Gasteiger partial charge in [-0.15, -0.1) is 0 Å². The van der Waals surface area contributed by atoms with E-state index in [-0.39, 0.29) is 0 Å². The number of nitrogens with one attached hydrogen (secondary N) is 1. The number of hydrogen-bond donors (Lipinski definition) is 2. The second-order valence-corrected chi connectivity index (χ2v) is 4.88. The molecule has 0 amide bonds. The average molecular weight is 234 g/mol. The fourth-order valence-electron chi connectivity index (χ4n) is 2.40. The Morgan fingerprint density at radius 2 is 1.88 bits per heavy atom. The quantitative estimate of drug-likeness (QED) is 0.831. The predicted molar refractivity (Wildman–Crippen MR) is 70.3 cm³/mol. The Morgan fingerprint density at radius 3 is 2.53 bits per heavy atom. The van der Waals surface area contributed by atoms with Gasteiger partial charge in [0.2, 0.25) is 0 Å². The average Bonchev–Trinajstić information content (AvgIpc) is 2.39. The molecule has 0 saturated carbocycles. The van der Waals surface area contributed by atoms with Gasteiger partial charge in [-0.1, -0.05) is 12.1 Å². The molecule has 0 atom stereocenters. The molecule has 1 aromatic carbocycles. The van der Waals surface area contributed by atoms with Gasteiger partial charge in [-0.2, -0.15) is 0 Å². The fourth-order valence-corrected chi connectivity index (χ4v) is 2.40. The van der Waals surface area contributed by atoms with Crippen molar-refractivity contribution in [2.24, 2.45) is 0 Å². The van der Waals surface area contributed by atoms with Crippen molar-refractivity contribution < 1.29 is 5.11 Å². The lowest BCUT2D eigenvalue weighted by molar-refractivity contribution is 0.201. The van der Waals surface area contributed by atoms with Gasteiger partial charge >= 0.3 is 0 Å². The summed E-state index contributed by atoms with van der Waals surface area (Å²) >= 11 is 0. The van der Waals surface area contributed by atoms with Gasteiger partial charge in [-0.25, -0.2) is 0 Å². The molecule has 94 valence electrons. The fraction of sp³-hybridized carbons (Fsp3) is 0.571. The van der Waals surface area contributed by atoms with Crippen molar-refractivity contribution in [1.82, 2.24) is 10.2 Å². The number of likely N-dealkylation sites (N-methyl/N-ethyl adjacent to an activating group) is 1. The lowest BCUT2D eigenvalue weighted by Gasteiger charge is -2.31. The van der Waals surface area contributed by atoms with Crippen LogP contribution in [0.15, 0.2) is 24.3 Å². The van der Waals surface area contributed by atoms with Gasteiger partial charge < -0.3 is 15.3 Å². The van der Waals surface area contributed by atoms with Crippen LogP contribution in [0.3, 0.4) is 0 Å². The van der Waals surface area contributed by atoms with E-state index in [2.05, 4.69) is 17.3 Å². The highest BCUT2D eigenvalue weighted by atomic mass is 16.3. The Balaban J connectivity index is 1.78. The van der Waals surface area contributed by atoms with Crippen LogP contribution in [-0.4, -0.2) is 42.7 Å². The van der Waals surface area contributed by atoms with Crippen LogP contribution in [0, 0.1) is 0 Å². The molecule has 1 aromatic rings. The van der Waals surface area contributed by atoms with Crippen LogP contribution in [0.2, 0.25) is 0 Å². The van der Waals surface area contributed by atoms with Crippen LogP contribution in [0.25, 0.3) is 0 Å². The number of piperidine rings is 1. The number of benzene rings is 1. The molecule has 0 radical (unpaired) electrons. The minimum absolute atomic E-state index is 0.348. The molecular weight excluding hydrogens is 212 g/mol. The Bertz CT molecular complexity index is 331. The monoisotopic (exact) mass is 234 g/mol. The van der Waals surface area contributed by atoms with E-state index in [0.29, 0.717) is 5.75 Å². The van der Waals surface area contributed by atoms with E-state index in [4.69, 9.17) is 0 Å². The van der Waals surface area contributed by atoms with Crippen molar-refractivity contribution in [1.29, 1.82) is 0 Å². The first-order chi connectivity index (χ1) is 8.25. The normalized spacial score (nSPS) is 17.5. The highest BCUT2D eigenvalue weighted by Gasteiger charge is 2.16. The maximum Gasteiger partial charge on any atom is 0.115 e. The minimum Gasteiger partial charge on any atom is -0.508 e. The molecule has 1 fully saturated rings. The first-order valence-corrected chi connectivity index (χ1v) is 6.44. The largest absolute Gasteiger partial charge is 0.508 e. The highest BCUT2D eigenvalue weighted by Crippen LogP contribution is 2.13. The molecule has 2 N–H and O–H groups in total. The SMILES string of the molecule is CN(CCc1ccc(O)cc1)C1CCNCC1. The zero-order valence-corrected chi connectivity index (χ0v) is 10.5. The molecule has 1 heterocycles. The molecule has 17 heavy (non-hydrogen) atoms. The predicted octanol–water partition coefficient (Wildman–Crippen LogP) is 1.62. The first-order valence-electron chi connectivity index (χ1n) is 6.44. The summed E-state index contributed by atoms with van der Waals surface area (Å²) in [6.45, 7) is 3.39. The van der Waals surface area contributed by atoms with Gasteiger partial charge in [0.15, 0.2) is 0 Å². The van der Waals surface area contributed by atoms with Crippen molar-refractivity contribution >= 4 is 0 Å². The molecule has 0 bridgehead atoms. The van der Waals surface area contributed by atoms with Gasteiger partial charge in [-0.05, 0) is 57.1 Å². The molecule has 0 unspecified atom stereocenters. The number of phenolic OH excluding ortho intramolecular Hbond substituents is 1. The smallest absolute Gasteiger partial charge is 0.115 e. The van der Waals surface area contributed by atoms with Crippen LogP contribution < -0.4 is 5.32 Å². The van der Waals surface area contributed by atoms with E-state index in [1.54, 1.807) is 12.1 Å². The van der Waals surface area contributed by atoms with Gasteiger partial charge in [0, 0.05) is 12.6 Å². The number of nitrogens with zero attached hydrogens (tertiary/aromatic N) is 1. The van der Waals surface area contributed by atoms with Gasteiger partial charge in [0.1, 0.15) is 5.75 Å². The maximum absolute atomic E-state index is 9.22. The highest BCUT2D eigenvalue weighted by molar-refractivity contribution is 5.25. The molecule has 1 saturated heterocycles. The molecule has 3 nitrogen and oxygen atoms in total. The summed E-state index contributed by atoms with van der Waals surface area (Å²) in [4.78, 5) is 2.47. The van der Waals surface area contributed by atoms with Crippen molar-refractivity contribution in [2.45, 2.75) is 25.3 Å². The van der Waals surface area contributed by atoms with Gasteiger partial charge in [0.05, 0.1) is 0 Å². The Kier molecular flexibility index (Phi) is 4.40. The van der Waals surface area contributed by atoms with Crippen LogP contribution in [0.1, 0.15) is 18.4 Å². The first kappa shape index (κ1) is 12.4. The summed E-state index contributed by atoms with van der Waals surface area (Å²) in [5.74, 6) is 0.348. The number of phenols is 1. The zero-order valence-electron chi connectivity index (χ0n) is 10.5. The Labute approximate surface area is 103 Å². The van der Waals surface area contributed by atoms with Crippen molar-refractivity contribution in [3.8, 4) is 5.75 Å². The van der Waals surface area contributed by atoms with E-state index in [1.165, 1.54) is 18.4 Å². The third kappa shape index (κ3) is 3.72. The lowest BCUT2D eigenvalue weighted by atomic mass is 10.0. The standard InChI is InChI=1S/C14H22N2O/c1-16(13-6-9-15-10-7-13)11-8-12-2-4-14(17)5-3-12/h2-5,13,15,17H,6-11H2,1H3. The summed E-state index contributed by atoms with van der Waals surface area (Å²) in [5, 5.41) is 12.6. The molecule has 1 aliphatic heterocycles. The van der Waals surface area contributed by atoms with E-state index < -0.39 is 0 Å². The molecule has 0 aliphatic carbocycles. The van der Waals surface area contributed by atoms with E-state index >= 15 is 0 Å². The summed E-state index contributed by atoms with van der Waals surface area (Å²) < 4.78 is 0. The van der Waals surface area contributed by atoms with Crippen molar-refractivity contribution in [3.63, 3.8) is 0 Å². The van der Waals surface area contributed by atoms with E-state index in [9.17, 15) is 5.11 Å². The van der Waals surface area contributed by atoms with Crippen molar-refractivity contribution in [3.05, 3.63) is 29.8 Å². The summed E-state index contributed by atoms with van der Waals surface area (Å²) in [6.07, 6.45) is 3.57. The second kappa shape index (κ2) is 6.03. The molecule has 2 rings (SSSR count). The third-order valence-electron chi connectivity index (χ3n) is 3.62. The minimum atomic E-state index is 0.348. The Morgan fingerprint density at radius 1 is 1.24 bits per heavy atom. The van der Waals surface area contributed by atoms with Crippen LogP contribution >= 0.6 is 0 Å². The molecule has 3 heteroatoms. The van der Waals surface area contributed by atoms with Crippen molar-refractivity contribution in [2.75, 3.05) is 26.7 Å². The topological polar surface area (TPSA) is 35.5 Å². The number of aromatic hydroxyl groups is 1. The molecular formula is C14H22N2O. The summed E-state index contributed by atoms with van der Waals surface area (Å²) in [6, 6.07) is 8.27. The van der Waals surface area contributed by atoms with E-state index in [0.717, 1.165) is 32.1 Å². The number of rotatable bonds is 4. The van der Waals surface area contributed by atoms with Crippen LogP contribution in [0.5, 0.6) is 5.75 Å². The maximum atomic E-state index is 9.22. The molecule has 0 aromatic heterocycles. The third-order valence-corrected chi connectivity index (χ3v) is 3.62. The number of hydrogen-bond acceptors (Lipinski definition) is 3. The van der Waals surface area contributed by atoms with Crippen LogP contribution in [-0.2, 0) is 6.42 Å². The summed E-state index contributed by atoms with van der Waals surface area (Å²) in [5.41, 5.74) is 1.29. The van der Waals surface area contributed by atoms with Gasteiger partial charge in [-0.3, -0.25) is 0 Å². The zero-order chi connectivity index (χ0) is 12.1. The van der Waals surface area contributed by atoms with E-state index in [1.807, 2.05) is 12.1 Å².